The van der Waals surface area contributed by atoms with E-state index in [0.717, 1.165) is 67.6 Å². The number of allylic oxidation sites excluding steroid dienone is 2. The van der Waals surface area contributed by atoms with Crippen LogP contribution >= 0.6 is 0 Å². The number of nitrogens with zero attached hydrogens (tertiary/aromatic N) is 1. The minimum atomic E-state index is -0.493. The molecule has 0 saturated heterocycles. The van der Waals surface area contributed by atoms with Crippen molar-refractivity contribution in [1.82, 2.24) is 10.2 Å². The molecule has 0 aliphatic heterocycles. The van der Waals surface area contributed by atoms with Crippen LogP contribution < -0.4 is 5.32 Å². The molecule has 7 unspecified atom stereocenters. The highest BCUT2D eigenvalue weighted by Gasteiger charge is 2.64. The lowest BCUT2D eigenvalue weighted by atomic mass is 9.46. The van der Waals surface area contributed by atoms with Gasteiger partial charge < -0.3 is 24.4 Å². The Morgan fingerprint density at radius 2 is 1.63 bits per heavy atom. The predicted molar refractivity (Wildman–Crippen MR) is 211 cm³/mol. The van der Waals surface area contributed by atoms with Gasteiger partial charge in [0.15, 0.2) is 0 Å². The van der Waals surface area contributed by atoms with Crippen molar-refractivity contribution in [3.05, 3.63) is 11.6 Å². The molecule has 54 heavy (non-hydrogen) atoms. The van der Waals surface area contributed by atoms with Crippen molar-refractivity contribution in [2.45, 2.75) is 164 Å². The van der Waals surface area contributed by atoms with Crippen molar-refractivity contribution in [2.75, 3.05) is 32.8 Å². The Morgan fingerprint density at radius 3 is 2.37 bits per heavy atom. The predicted octanol–water partition coefficient (Wildman–Crippen LogP) is 9.42. The molecule has 0 heterocycles. The van der Waals surface area contributed by atoms with Gasteiger partial charge in [0.2, 0.25) is 5.91 Å². The highest BCUT2D eigenvalue weighted by molar-refractivity contribution is 5.82. The third-order valence-electron chi connectivity index (χ3n) is 15.1. The zero-order chi connectivity index (χ0) is 39.1. The van der Waals surface area contributed by atoms with Gasteiger partial charge in [-0.15, -0.1) is 0 Å². The summed E-state index contributed by atoms with van der Waals surface area (Å²) in [7, 11) is 0. The molecule has 306 valence electrons. The van der Waals surface area contributed by atoms with Crippen LogP contribution in [0.2, 0.25) is 0 Å². The van der Waals surface area contributed by atoms with Crippen LogP contribution in [0.25, 0.3) is 0 Å². The monoisotopic (exact) mass is 755 g/mol. The zero-order valence-electron chi connectivity index (χ0n) is 35.0. The lowest BCUT2D eigenvalue weighted by Crippen LogP contribution is -2.50. The molecule has 5 aliphatic rings. The first-order valence-corrected chi connectivity index (χ1v) is 22.0. The van der Waals surface area contributed by atoms with E-state index in [1.165, 1.54) is 62.7 Å². The number of rotatable bonds is 19. The number of nitrogens with one attached hydrogen (secondary N) is 1. The van der Waals surface area contributed by atoms with E-state index >= 15 is 0 Å². The molecule has 0 aromatic carbocycles. The Hall–Kier alpha value is -2.58. The van der Waals surface area contributed by atoms with Crippen molar-refractivity contribution in [3.8, 4) is 0 Å². The van der Waals surface area contributed by atoms with Crippen LogP contribution in [0.15, 0.2) is 11.6 Å². The molecule has 1 spiro atoms. The fourth-order valence-corrected chi connectivity index (χ4v) is 11.9. The Morgan fingerprint density at radius 1 is 0.870 bits per heavy atom. The van der Waals surface area contributed by atoms with E-state index in [1.54, 1.807) is 19.4 Å². The number of alkyl carbamates (subject to hydrolysis) is 1. The molecule has 9 nitrogen and oxygen atoms in total. The van der Waals surface area contributed by atoms with Crippen LogP contribution in [0.5, 0.6) is 0 Å². The molecule has 5 aliphatic carbocycles. The zero-order valence-corrected chi connectivity index (χ0v) is 35.0. The second kappa shape index (κ2) is 18.6. The van der Waals surface area contributed by atoms with E-state index in [9.17, 15) is 19.2 Å². The van der Waals surface area contributed by atoms with E-state index in [1.807, 2.05) is 0 Å². The van der Waals surface area contributed by atoms with Crippen molar-refractivity contribution in [1.29, 1.82) is 0 Å². The molecule has 1 N–H and O–H groups in total. The number of hydrogen-bond donors (Lipinski definition) is 1. The molecule has 2 amide bonds. The third-order valence-corrected chi connectivity index (χ3v) is 15.1. The normalized spacial score (nSPS) is 32.8. The second-order valence-electron chi connectivity index (χ2n) is 18.8. The molecule has 0 bridgehead atoms. The van der Waals surface area contributed by atoms with Crippen LogP contribution in [0, 0.1) is 51.8 Å². The third kappa shape index (κ3) is 9.86. The Labute approximate surface area is 326 Å². The molecular weight excluding hydrogens is 681 g/mol. The highest BCUT2D eigenvalue weighted by atomic mass is 16.6. The van der Waals surface area contributed by atoms with Crippen LogP contribution in [0.1, 0.15) is 158 Å². The summed E-state index contributed by atoms with van der Waals surface area (Å²) < 4.78 is 16.0. The van der Waals surface area contributed by atoms with Gasteiger partial charge in [-0.2, -0.15) is 0 Å². The van der Waals surface area contributed by atoms with Crippen molar-refractivity contribution in [3.63, 3.8) is 0 Å². The molecule has 4 fully saturated rings. The molecule has 5 rings (SSSR count). The molecular formula is C45H74N2O7. The topological polar surface area (TPSA) is 111 Å². The summed E-state index contributed by atoms with van der Waals surface area (Å²) in [6, 6.07) is 0. The number of amides is 2. The summed E-state index contributed by atoms with van der Waals surface area (Å²) in [4.78, 5) is 50.9. The lowest BCUT2D eigenvalue weighted by molar-refractivity contribution is -0.150. The van der Waals surface area contributed by atoms with Gasteiger partial charge in [0.1, 0.15) is 12.6 Å². The number of carbonyl (C=O) groups is 4. The number of unbranched alkanes of at least 4 members (excludes halogenated alkanes) is 2. The Kier molecular flexibility index (Phi) is 14.6. The number of carbonyl (C=O) groups excluding carboxylic acids is 4. The van der Waals surface area contributed by atoms with Crippen molar-refractivity contribution >= 4 is 23.9 Å². The molecule has 9 heteroatoms. The molecule has 0 aromatic rings. The molecule has 0 radical (unpaired) electrons. The van der Waals surface area contributed by atoms with Gasteiger partial charge in [-0.3, -0.25) is 14.4 Å². The summed E-state index contributed by atoms with van der Waals surface area (Å²) in [6.07, 6.45) is 20.2. The van der Waals surface area contributed by atoms with E-state index in [-0.39, 0.29) is 62.7 Å². The Bertz CT molecular complexity index is 1350. The summed E-state index contributed by atoms with van der Waals surface area (Å²) in [5.41, 5.74) is 2.59. The highest BCUT2D eigenvalue weighted by Crippen LogP contribution is 2.71. The van der Waals surface area contributed by atoms with Gasteiger partial charge >= 0.3 is 18.0 Å². The molecule has 4 saturated carbocycles. The van der Waals surface area contributed by atoms with Crippen molar-refractivity contribution < 1.29 is 33.4 Å². The van der Waals surface area contributed by atoms with Crippen LogP contribution in [0.3, 0.4) is 0 Å². The van der Waals surface area contributed by atoms with E-state index < -0.39 is 11.9 Å². The van der Waals surface area contributed by atoms with E-state index in [4.69, 9.17) is 14.2 Å². The number of hydrogen-bond acceptors (Lipinski definition) is 7. The first-order chi connectivity index (χ1) is 25.8. The smallest absolute Gasteiger partial charge is 0.407 e. The number of fused-ring (bicyclic) bond motifs is 5. The van der Waals surface area contributed by atoms with Crippen LogP contribution in [-0.2, 0) is 28.6 Å². The molecule has 9 atom stereocenters. The first-order valence-electron chi connectivity index (χ1n) is 22.0. The minimum absolute atomic E-state index is 0.000653. The fourth-order valence-electron chi connectivity index (χ4n) is 11.9. The summed E-state index contributed by atoms with van der Waals surface area (Å²) >= 11 is 0. The quantitative estimate of drug-likeness (QED) is 0.0606. The summed E-state index contributed by atoms with van der Waals surface area (Å²) in [6.45, 7) is 16.9. The average molecular weight is 755 g/mol. The second-order valence-corrected chi connectivity index (χ2v) is 18.8. The van der Waals surface area contributed by atoms with Gasteiger partial charge in [0, 0.05) is 24.9 Å². The molecule has 0 aromatic heterocycles. The van der Waals surface area contributed by atoms with Gasteiger partial charge in [-0.1, -0.05) is 72.0 Å². The van der Waals surface area contributed by atoms with E-state index in [2.05, 4.69) is 46.0 Å². The standard InChI is InChI=1S/C45H74N2O7/c1-8-52-40(49)22-27-47(30-41(50)53-9-2)39(48)16-11-10-12-26-46-42(51)54-38-29-45(38)25-24-43(6)33(28-45)17-18-34-36-20-19-35(32(5)15-13-14-31(3)4)44(36,7)23-21-37(34)43/h17,31-32,34-38H,8-16,18-30H2,1-7H3,(H,46,51)/t32?,34?,35-,36?,37?,38?,43+,44?,45?/m1/s1. The SMILES string of the molecule is CCOC(=O)CCN(CC(=O)OCC)C(=O)CCCCCNC(=O)OC1CC12CC[C@@]1(C)C(=CCC3C4CC[C@H](C(C)CCCC(C)C)C4(C)CCC31)C2. The van der Waals surface area contributed by atoms with Crippen LogP contribution in [0.4, 0.5) is 4.79 Å². The fraction of sp³-hybridized carbons (Fsp3) is 0.867. The lowest BCUT2D eigenvalue weighted by Gasteiger charge is -2.59. The van der Waals surface area contributed by atoms with Gasteiger partial charge in [-0.25, -0.2) is 4.79 Å². The maximum Gasteiger partial charge on any atom is 0.407 e. The van der Waals surface area contributed by atoms with Gasteiger partial charge in [-0.05, 0) is 131 Å². The number of esters is 2. The maximum atomic E-state index is 12.9. The summed E-state index contributed by atoms with van der Waals surface area (Å²) in [5.74, 6) is 3.94. The first kappa shape index (κ1) is 42.6. The Balaban J connectivity index is 1.03. The van der Waals surface area contributed by atoms with Gasteiger partial charge in [0.05, 0.1) is 19.6 Å². The average Bonchev–Trinajstić information content (AvgIpc) is 3.64. The van der Waals surface area contributed by atoms with Gasteiger partial charge in [0.25, 0.3) is 0 Å². The van der Waals surface area contributed by atoms with E-state index in [0.29, 0.717) is 23.8 Å². The summed E-state index contributed by atoms with van der Waals surface area (Å²) in [5, 5.41) is 2.94. The van der Waals surface area contributed by atoms with Crippen molar-refractivity contribution in [2.24, 2.45) is 51.8 Å². The minimum Gasteiger partial charge on any atom is -0.466 e. The maximum absolute atomic E-state index is 12.9. The largest absolute Gasteiger partial charge is 0.466 e. The number of ether oxygens (including phenoxy) is 3. The van der Waals surface area contributed by atoms with Crippen LogP contribution in [-0.4, -0.2) is 67.8 Å².